The molecule has 3 atom stereocenters. The normalized spacial score (nSPS) is 28.5. The lowest BCUT2D eigenvalue weighted by Gasteiger charge is -2.14. The van der Waals surface area contributed by atoms with E-state index in [2.05, 4.69) is 20.9 Å². The van der Waals surface area contributed by atoms with Crippen molar-refractivity contribution in [3.05, 3.63) is 31.5 Å². The van der Waals surface area contributed by atoms with Gasteiger partial charge in [0.1, 0.15) is 12.3 Å². The smallest absolute Gasteiger partial charge is 0.330 e. The molecule has 1 aromatic rings. The second kappa shape index (κ2) is 4.73. The first-order chi connectivity index (χ1) is 8.02. The van der Waals surface area contributed by atoms with Crippen molar-refractivity contribution in [1.29, 1.82) is 0 Å². The van der Waals surface area contributed by atoms with Crippen LogP contribution in [0.25, 0.3) is 0 Å². The molecular formula is C9H11BrN2O5. The van der Waals surface area contributed by atoms with Crippen LogP contribution in [-0.2, 0) is 4.74 Å². The van der Waals surface area contributed by atoms with Gasteiger partial charge in [0.25, 0.3) is 5.56 Å². The quantitative estimate of drug-likeness (QED) is 0.646. The number of aromatic nitrogens is 2. The van der Waals surface area contributed by atoms with Crippen LogP contribution in [0, 0.1) is 0 Å². The van der Waals surface area contributed by atoms with Crippen molar-refractivity contribution in [1.82, 2.24) is 9.55 Å². The van der Waals surface area contributed by atoms with E-state index < -0.39 is 29.7 Å². The highest BCUT2D eigenvalue weighted by Gasteiger charge is 2.35. The van der Waals surface area contributed by atoms with E-state index in [1.807, 2.05) is 0 Å². The predicted molar refractivity (Wildman–Crippen MR) is 60.6 cm³/mol. The van der Waals surface area contributed by atoms with E-state index in [1.165, 1.54) is 10.8 Å². The number of halogens is 1. The molecule has 0 radical (unpaired) electrons. The second-order valence-corrected chi connectivity index (χ2v) is 4.61. The lowest BCUT2D eigenvalue weighted by molar-refractivity contribution is -0.0459. The number of hydrogen-bond acceptors (Lipinski definition) is 5. The monoisotopic (exact) mass is 306 g/mol. The number of H-pyrrole nitrogens is 1. The second-order valence-electron chi connectivity index (χ2n) is 3.76. The topological polar surface area (TPSA) is 105 Å². The average molecular weight is 307 g/mol. The van der Waals surface area contributed by atoms with Crippen molar-refractivity contribution in [3.8, 4) is 0 Å². The molecule has 17 heavy (non-hydrogen) atoms. The van der Waals surface area contributed by atoms with Crippen LogP contribution in [0.4, 0.5) is 0 Å². The summed E-state index contributed by atoms with van der Waals surface area (Å²) < 4.78 is 6.67. The van der Waals surface area contributed by atoms with Crippen molar-refractivity contribution in [3.63, 3.8) is 0 Å². The van der Waals surface area contributed by atoms with Gasteiger partial charge in [-0.15, -0.1) is 0 Å². The summed E-state index contributed by atoms with van der Waals surface area (Å²) >= 11 is 3.00. The third-order valence-corrected chi connectivity index (χ3v) is 3.18. The Morgan fingerprint density at radius 2 is 2.29 bits per heavy atom. The molecule has 1 fully saturated rings. The fraction of sp³-hybridized carbons (Fsp3) is 0.556. The summed E-state index contributed by atoms with van der Waals surface area (Å²) in [6.07, 6.45) is -0.745. The fourth-order valence-electron chi connectivity index (χ4n) is 1.72. The number of aliphatic hydroxyl groups excluding tert-OH is 2. The molecule has 0 spiro atoms. The standard InChI is InChI=1S/C9H11BrN2O5/c10-4-2-12(9(16)11-8(4)15)7-1-5(14)6(3-13)17-7/h2,5-7,13-14H,1,3H2,(H,11,15,16)/t5-,6?,7?/m1/s1. The summed E-state index contributed by atoms with van der Waals surface area (Å²) in [5.41, 5.74) is -1.14. The molecule has 1 aliphatic heterocycles. The summed E-state index contributed by atoms with van der Waals surface area (Å²) in [6.45, 7) is -0.322. The molecule has 0 aromatic carbocycles. The zero-order chi connectivity index (χ0) is 12.6. The van der Waals surface area contributed by atoms with Crippen LogP contribution in [0.5, 0.6) is 0 Å². The molecule has 0 amide bonds. The van der Waals surface area contributed by atoms with E-state index >= 15 is 0 Å². The average Bonchev–Trinajstić information content (AvgIpc) is 2.65. The van der Waals surface area contributed by atoms with Gasteiger partial charge in [-0.2, -0.15) is 0 Å². The van der Waals surface area contributed by atoms with Gasteiger partial charge in [0.2, 0.25) is 0 Å². The molecule has 1 aromatic heterocycles. The molecule has 0 aliphatic carbocycles. The molecular weight excluding hydrogens is 296 g/mol. The van der Waals surface area contributed by atoms with Gasteiger partial charge in [0, 0.05) is 12.6 Å². The Balaban J connectivity index is 2.34. The van der Waals surface area contributed by atoms with Crippen molar-refractivity contribution in [2.24, 2.45) is 0 Å². The zero-order valence-corrected chi connectivity index (χ0v) is 10.3. The molecule has 0 saturated carbocycles. The van der Waals surface area contributed by atoms with Crippen molar-refractivity contribution >= 4 is 15.9 Å². The molecule has 1 aliphatic rings. The van der Waals surface area contributed by atoms with Gasteiger partial charge >= 0.3 is 5.69 Å². The number of ether oxygens (including phenoxy) is 1. The minimum absolute atomic E-state index is 0.184. The summed E-state index contributed by atoms with van der Waals surface area (Å²) in [5, 5.41) is 18.5. The van der Waals surface area contributed by atoms with Crippen molar-refractivity contribution in [2.75, 3.05) is 6.61 Å². The Hall–Kier alpha value is -0.960. The molecule has 94 valence electrons. The zero-order valence-electron chi connectivity index (χ0n) is 8.67. The molecule has 8 heteroatoms. The van der Waals surface area contributed by atoms with Crippen LogP contribution in [0.15, 0.2) is 20.3 Å². The Bertz CT molecular complexity index is 525. The van der Waals surface area contributed by atoms with Crippen LogP contribution in [0.1, 0.15) is 12.6 Å². The highest BCUT2D eigenvalue weighted by Crippen LogP contribution is 2.27. The maximum atomic E-state index is 11.5. The van der Waals surface area contributed by atoms with Gasteiger partial charge in [-0.25, -0.2) is 4.79 Å². The first-order valence-electron chi connectivity index (χ1n) is 4.98. The van der Waals surface area contributed by atoms with E-state index in [4.69, 9.17) is 9.84 Å². The minimum Gasteiger partial charge on any atom is -0.394 e. The van der Waals surface area contributed by atoms with Crippen molar-refractivity contribution < 1.29 is 14.9 Å². The number of aromatic amines is 1. The van der Waals surface area contributed by atoms with E-state index in [9.17, 15) is 14.7 Å². The summed E-state index contributed by atoms with van der Waals surface area (Å²) in [6, 6.07) is 0. The molecule has 1 saturated heterocycles. The number of nitrogens with one attached hydrogen (secondary N) is 1. The Labute approximate surface area is 104 Å². The number of aliphatic hydroxyl groups is 2. The van der Waals surface area contributed by atoms with Crippen molar-refractivity contribution in [2.45, 2.75) is 24.9 Å². The SMILES string of the molecule is O=c1[nH]c(=O)n(C2C[C@@H](O)C(CO)O2)cc1Br. The van der Waals surface area contributed by atoms with Crippen LogP contribution >= 0.6 is 15.9 Å². The van der Waals surface area contributed by atoms with Crippen LogP contribution in [-0.4, -0.2) is 38.6 Å². The largest absolute Gasteiger partial charge is 0.394 e. The highest BCUT2D eigenvalue weighted by atomic mass is 79.9. The lowest BCUT2D eigenvalue weighted by atomic mass is 10.2. The molecule has 3 N–H and O–H groups in total. The summed E-state index contributed by atoms with van der Waals surface area (Å²) in [7, 11) is 0. The maximum absolute atomic E-state index is 11.5. The highest BCUT2D eigenvalue weighted by molar-refractivity contribution is 9.10. The van der Waals surface area contributed by atoms with E-state index in [-0.39, 0.29) is 17.5 Å². The fourth-order valence-corrected chi connectivity index (χ4v) is 2.04. The Morgan fingerprint density at radius 3 is 2.88 bits per heavy atom. The first-order valence-corrected chi connectivity index (χ1v) is 5.77. The first kappa shape index (κ1) is 12.5. The minimum atomic E-state index is -0.831. The Morgan fingerprint density at radius 1 is 1.59 bits per heavy atom. The number of hydrogen-bond donors (Lipinski definition) is 3. The lowest BCUT2D eigenvalue weighted by Crippen LogP contribution is -2.32. The summed E-state index contributed by atoms with van der Waals surface area (Å²) in [5.74, 6) is 0. The van der Waals surface area contributed by atoms with Gasteiger partial charge in [-0.3, -0.25) is 14.3 Å². The van der Waals surface area contributed by atoms with Gasteiger partial charge in [-0.05, 0) is 15.9 Å². The van der Waals surface area contributed by atoms with Crippen LogP contribution < -0.4 is 11.2 Å². The molecule has 2 unspecified atom stereocenters. The maximum Gasteiger partial charge on any atom is 0.330 e. The Kier molecular flexibility index (Phi) is 3.48. The molecule has 2 rings (SSSR count). The van der Waals surface area contributed by atoms with Gasteiger partial charge in [0.15, 0.2) is 0 Å². The predicted octanol–water partition coefficient (Wildman–Crippen LogP) is -1.06. The van der Waals surface area contributed by atoms with Gasteiger partial charge in [-0.1, -0.05) is 0 Å². The van der Waals surface area contributed by atoms with E-state index in [0.29, 0.717) is 0 Å². The molecule has 7 nitrogen and oxygen atoms in total. The number of nitrogens with zero attached hydrogens (tertiary/aromatic N) is 1. The van der Waals surface area contributed by atoms with Gasteiger partial charge in [0.05, 0.1) is 17.2 Å². The third-order valence-electron chi connectivity index (χ3n) is 2.62. The van der Waals surface area contributed by atoms with Gasteiger partial charge < -0.3 is 14.9 Å². The molecule has 0 bridgehead atoms. The van der Waals surface area contributed by atoms with E-state index in [1.54, 1.807) is 0 Å². The van der Waals surface area contributed by atoms with Crippen LogP contribution in [0.2, 0.25) is 0 Å². The summed E-state index contributed by atoms with van der Waals surface area (Å²) in [4.78, 5) is 24.8. The third kappa shape index (κ3) is 2.34. The van der Waals surface area contributed by atoms with E-state index in [0.717, 1.165) is 0 Å². The molecule has 2 heterocycles. The van der Waals surface area contributed by atoms with Crippen LogP contribution in [0.3, 0.4) is 0 Å². The number of rotatable bonds is 2.